The first-order valence-electron chi connectivity index (χ1n) is 4.60. The van der Waals surface area contributed by atoms with Gasteiger partial charge in [0.1, 0.15) is 6.10 Å². The molecule has 0 amide bonds. The molecule has 0 aromatic heterocycles. The van der Waals surface area contributed by atoms with Crippen molar-refractivity contribution >= 4 is 5.78 Å². The van der Waals surface area contributed by atoms with Crippen molar-refractivity contribution in [1.82, 2.24) is 0 Å². The monoisotopic (exact) mass is 166 g/mol. The van der Waals surface area contributed by atoms with Gasteiger partial charge in [-0.25, -0.2) is 0 Å². The molecule has 0 radical (unpaired) electrons. The molecule has 0 aliphatic heterocycles. The Kier molecular flexibility index (Phi) is 1.80. The van der Waals surface area contributed by atoms with E-state index in [1.807, 2.05) is 0 Å². The SMILES string of the molecule is C=C1C2CCC(CC2)C(=O)C1O. The summed E-state index contributed by atoms with van der Waals surface area (Å²) in [5, 5.41) is 9.56. The van der Waals surface area contributed by atoms with Crippen LogP contribution in [-0.4, -0.2) is 17.0 Å². The van der Waals surface area contributed by atoms with E-state index in [-0.39, 0.29) is 11.7 Å². The van der Waals surface area contributed by atoms with Gasteiger partial charge in [-0.3, -0.25) is 4.79 Å². The Balaban J connectivity index is 2.31. The fourth-order valence-corrected chi connectivity index (χ4v) is 2.38. The van der Waals surface area contributed by atoms with Crippen molar-refractivity contribution in [3.8, 4) is 0 Å². The predicted molar refractivity (Wildman–Crippen MR) is 45.6 cm³/mol. The van der Waals surface area contributed by atoms with E-state index in [1.165, 1.54) is 0 Å². The lowest BCUT2D eigenvalue weighted by Crippen LogP contribution is -2.25. The van der Waals surface area contributed by atoms with Crippen LogP contribution < -0.4 is 0 Å². The number of carbonyl (C=O) groups excluding carboxylic acids is 1. The van der Waals surface area contributed by atoms with E-state index in [0.29, 0.717) is 5.92 Å². The number of ketones is 1. The van der Waals surface area contributed by atoms with Crippen molar-refractivity contribution in [1.29, 1.82) is 0 Å². The standard InChI is InChI=1S/C10H14O2/c1-6-7-2-4-8(5-3-7)10(12)9(6)11/h7-9,11H,1-5H2. The number of hydrogen-bond acceptors (Lipinski definition) is 2. The normalized spacial score (nSPS) is 41.6. The van der Waals surface area contributed by atoms with Gasteiger partial charge < -0.3 is 5.11 Å². The van der Waals surface area contributed by atoms with Gasteiger partial charge in [0.15, 0.2) is 5.78 Å². The molecule has 3 aliphatic rings. The van der Waals surface area contributed by atoms with Crippen molar-refractivity contribution in [2.75, 3.05) is 0 Å². The van der Waals surface area contributed by atoms with Crippen molar-refractivity contribution in [2.45, 2.75) is 31.8 Å². The summed E-state index contributed by atoms with van der Waals surface area (Å²) in [4.78, 5) is 11.5. The van der Waals surface area contributed by atoms with Crippen LogP contribution in [0.1, 0.15) is 25.7 Å². The maximum atomic E-state index is 11.5. The molecule has 1 unspecified atom stereocenters. The lowest BCUT2D eigenvalue weighted by Gasteiger charge is -2.21. The van der Waals surface area contributed by atoms with E-state index in [2.05, 4.69) is 6.58 Å². The Morgan fingerprint density at radius 2 is 1.67 bits per heavy atom. The molecule has 0 aromatic carbocycles. The predicted octanol–water partition coefficient (Wildman–Crippen LogP) is 1.29. The Bertz CT molecular complexity index is 200. The summed E-state index contributed by atoms with van der Waals surface area (Å²) in [7, 11) is 0. The molecule has 66 valence electrons. The Labute approximate surface area is 72.3 Å². The number of rotatable bonds is 0. The minimum absolute atomic E-state index is 0.0139. The zero-order valence-electron chi connectivity index (χ0n) is 7.12. The molecule has 0 aromatic rings. The average Bonchev–Trinajstić information content (AvgIpc) is 2.27. The van der Waals surface area contributed by atoms with Gasteiger partial charge in [0.05, 0.1) is 0 Å². The molecule has 3 fully saturated rings. The first-order valence-corrected chi connectivity index (χ1v) is 4.60. The van der Waals surface area contributed by atoms with Crippen molar-refractivity contribution < 1.29 is 9.90 Å². The van der Waals surface area contributed by atoms with Crippen LogP contribution in [0, 0.1) is 11.8 Å². The van der Waals surface area contributed by atoms with Crippen LogP contribution in [0.2, 0.25) is 0 Å². The molecular weight excluding hydrogens is 152 g/mol. The Morgan fingerprint density at radius 1 is 1.17 bits per heavy atom. The molecule has 3 aliphatic carbocycles. The lowest BCUT2D eigenvalue weighted by molar-refractivity contribution is -0.129. The number of carbonyl (C=O) groups is 1. The second kappa shape index (κ2) is 2.70. The van der Waals surface area contributed by atoms with Crippen LogP contribution in [0.4, 0.5) is 0 Å². The molecule has 2 heteroatoms. The summed E-state index contributed by atoms with van der Waals surface area (Å²) in [6.07, 6.45) is 3.16. The maximum Gasteiger partial charge on any atom is 0.168 e. The van der Waals surface area contributed by atoms with E-state index >= 15 is 0 Å². The highest BCUT2D eigenvalue weighted by molar-refractivity contribution is 5.88. The first-order chi connectivity index (χ1) is 5.70. The highest BCUT2D eigenvalue weighted by Crippen LogP contribution is 2.39. The molecular formula is C10H14O2. The molecule has 3 saturated carbocycles. The van der Waals surface area contributed by atoms with Gasteiger partial charge in [-0.05, 0) is 37.2 Å². The smallest absolute Gasteiger partial charge is 0.168 e. The van der Waals surface area contributed by atoms with Crippen LogP contribution in [-0.2, 0) is 4.79 Å². The molecule has 1 N–H and O–H groups in total. The third-order valence-electron chi connectivity index (χ3n) is 3.27. The average molecular weight is 166 g/mol. The molecule has 1 atom stereocenters. The van der Waals surface area contributed by atoms with Crippen LogP contribution in [0.3, 0.4) is 0 Å². The molecule has 0 heterocycles. The molecule has 0 saturated heterocycles. The van der Waals surface area contributed by atoms with Gasteiger partial charge in [-0.1, -0.05) is 6.58 Å². The van der Waals surface area contributed by atoms with E-state index in [1.54, 1.807) is 0 Å². The number of fused-ring (bicyclic) bond motifs is 4. The second-order valence-electron chi connectivity index (χ2n) is 3.93. The zero-order valence-corrected chi connectivity index (χ0v) is 7.12. The number of aliphatic hydroxyl groups is 1. The molecule has 2 bridgehead atoms. The molecule has 12 heavy (non-hydrogen) atoms. The molecule has 3 rings (SSSR count). The highest BCUT2D eigenvalue weighted by atomic mass is 16.3. The van der Waals surface area contributed by atoms with Crippen LogP contribution in [0.15, 0.2) is 12.2 Å². The van der Waals surface area contributed by atoms with Crippen LogP contribution >= 0.6 is 0 Å². The van der Waals surface area contributed by atoms with Crippen molar-refractivity contribution in [3.05, 3.63) is 12.2 Å². The maximum absolute atomic E-state index is 11.5. The third kappa shape index (κ3) is 1.02. The number of aliphatic hydroxyl groups excluding tert-OH is 1. The Hall–Kier alpha value is -0.630. The van der Waals surface area contributed by atoms with Gasteiger partial charge in [-0.2, -0.15) is 0 Å². The van der Waals surface area contributed by atoms with Gasteiger partial charge >= 0.3 is 0 Å². The van der Waals surface area contributed by atoms with E-state index in [9.17, 15) is 9.90 Å². The zero-order chi connectivity index (χ0) is 8.72. The van der Waals surface area contributed by atoms with Gasteiger partial charge in [0.25, 0.3) is 0 Å². The summed E-state index contributed by atoms with van der Waals surface area (Å²) < 4.78 is 0. The fraction of sp³-hybridized carbons (Fsp3) is 0.700. The van der Waals surface area contributed by atoms with Crippen LogP contribution in [0.5, 0.6) is 0 Å². The summed E-state index contributed by atoms with van der Waals surface area (Å²) in [5.74, 6) is 0.540. The lowest BCUT2D eigenvalue weighted by atomic mass is 9.83. The Morgan fingerprint density at radius 3 is 2.25 bits per heavy atom. The summed E-state index contributed by atoms with van der Waals surface area (Å²) in [5.41, 5.74) is 0.764. The number of Topliss-reactive ketones (excluding diaryl/α,β-unsaturated/α-hetero) is 1. The van der Waals surface area contributed by atoms with E-state index < -0.39 is 6.10 Å². The van der Waals surface area contributed by atoms with Crippen molar-refractivity contribution in [2.24, 2.45) is 11.8 Å². The summed E-state index contributed by atoms with van der Waals surface area (Å²) >= 11 is 0. The summed E-state index contributed by atoms with van der Waals surface area (Å²) in [6.45, 7) is 3.81. The van der Waals surface area contributed by atoms with Gasteiger partial charge in [0, 0.05) is 5.92 Å². The topological polar surface area (TPSA) is 37.3 Å². The fourth-order valence-electron chi connectivity index (χ4n) is 2.38. The molecule has 2 nitrogen and oxygen atoms in total. The minimum Gasteiger partial charge on any atom is -0.381 e. The first kappa shape index (κ1) is 7.99. The quantitative estimate of drug-likeness (QED) is 0.551. The van der Waals surface area contributed by atoms with Crippen molar-refractivity contribution in [3.63, 3.8) is 0 Å². The number of hydrogen-bond donors (Lipinski definition) is 1. The molecule has 0 spiro atoms. The minimum atomic E-state index is -0.856. The summed E-state index contributed by atoms with van der Waals surface area (Å²) in [6, 6.07) is 0. The third-order valence-corrected chi connectivity index (χ3v) is 3.27. The second-order valence-corrected chi connectivity index (χ2v) is 3.93. The van der Waals surface area contributed by atoms with E-state index in [0.717, 1.165) is 31.3 Å². The van der Waals surface area contributed by atoms with Gasteiger partial charge in [0.2, 0.25) is 0 Å². The van der Waals surface area contributed by atoms with E-state index in [4.69, 9.17) is 0 Å². The van der Waals surface area contributed by atoms with Crippen LogP contribution in [0.25, 0.3) is 0 Å². The van der Waals surface area contributed by atoms with Gasteiger partial charge in [-0.15, -0.1) is 0 Å². The highest BCUT2D eigenvalue weighted by Gasteiger charge is 2.38. The largest absolute Gasteiger partial charge is 0.381 e.